The number of rotatable bonds is 5. The number of urea groups is 1. The van der Waals surface area contributed by atoms with Crippen molar-refractivity contribution in [3.05, 3.63) is 29.3 Å². The van der Waals surface area contributed by atoms with E-state index in [2.05, 4.69) is 12.2 Å². The highest BCUT2D eigenvalue weighted by Gasteiger charge is 2.41. The topological polar surface area (TPSA) is 75.4 Å². The van der Waals surface area contributed by atoms with Gasteiger partial charge in [-0.15, -0.1) is 0 Å². The minimum Gasteiger partial charge on any atom is -0.366 e. The van der Waals surface area contributed by atoms with Crippen LogP contribution in [-0.2, 0) is 0 Å². The highest BCUT2D eigenvalue weighted by atomic mass is 16.2. The Balaban J connectivity index is 1.72. The molecule has 0 heterocycles. The predicted molar refractivity (Wildman–Crippen MR) is 85.8 cm³/mol. The Labute approximate surface area is 130 Å². The van der Waals surface area contributed by atoms with Gasteiger partial charge in [0.05, 0.1) is 0 Å². The first-order chi connectivity index (χ1) is 10.5. The molecular weight excluding hydrogens is 278 g/mol. The van der Waals surface area contributed by atoms with Crippen molar-refractivity contribution in [3.8, 4) is 0 Å². The second-order valence-electron chi connectivity index (χ2n) is 6.54. The summed E-state index contributed by atoms with van der Waals surface area (Å²) in [6.45, 7) is 3.97. The number of benzene rings is 1. The molecule has 0 bridgehead atoms. The monoisotopic (exact) mass is 301 g/mol. The van der Waals surface area contributed by atoms with Gasteiger partial charge in [-0.1, -0.05) is 0 Å². The summed E-state index contributed by atoms with van der Waals surface area (Å²) in [5.41, 5.74) is 7.28. The van der Waals surface area contributed by atoms with Crippen LogP contribution in [0.4, 0.5) is 10.5 Å². The molecule has 2 saturated carbocycles. The van der Waals surface area contributed by atoms with Crippen molar-refractivity contribution in [3.63, 3.8) is 0 Å². The Morgan fingerprint density at radius 2 is 1.95 bits per heavy atom. The van der Waals surface area contributed by atoms with Gasteiger partial charge < -0.3 is 16.0 Å². The normalized spacial score (nSPS) is 18.6. The van der Waals surface area contributed by atoms with Gasteiger partial charge >= 0.3 is 6.03 Å². The number of nitrogens with zero attached hydrogens (tertiary/aromatic N) is 1. The predicted octanol–water partition coefficient (Wildman–Crippen LogP) is 2.89. The summed E-state index contributed by atoms with van der Waals surface area (Å²) in [6.07, 6.45) is 4.66. The van der Waals surface area contributed by atoms with E-state index in [1.54, 1.807) is 18.2 Å². The number of nitrogens with one attached hydrogen (secondary N) is 1. The molecule has 0 saturated heterocycles. The third-order valence-electron chi connectivity index (χ3n) is 4.66. The molecule has 0 aliphatic heterocycles. The average Bonchev–Trinajstić information content (AvgIpc) is 3.31. The van der Waals surface area contributed by atoms with Gasteiger partial charge in [-0.2, -0.15) is 0 Å². The number of hydrogen-bond acceptors (Lipinski definition) is 2. The standard InChI is InChI=1S/C17H23N3O2/c1-10-9-13(5-8-15(10)16(18)21)19-17(22)20(14-6-7-14)11(2)12-3-4-12/h5,8-9,11-12,14H,3-4,6-7H2,1-2H3,(H2,18,21)(H,19,22)/t11-/m0/s1. The molecule has 0 spiro atoms. The van der Waals surface area contributed by atoms with Crippen LogP contribution < -0.4 is 11.1 Å². The number of anilines is 1. The Kier molecular flexibility index (Phi) is 3.81. The lowest BCUT2D eigenvalue weighted by Gasteiger charge is -2.29. The highest BCUT2D eigenvalue weighted by Crippen LogP contribution is 2.40. The maximum atomic E-state index is 12.6. The van der Waals surface area contributed by atoms with E-state index in [0.29, 0.717) is 29.3 Å². The molecule has 3 rings (SSSR count). The molecule has 0 aromatic heterocycles. The van der Waals surface area contributed by atoms with Gasteiger partial charge in [-0.3, -0.25) is 4.79 Å². The molecular formula is C17H23N3O2. The lowest BCUT2D eigenvalue weighted by Crippen LogP contribution is -2.44. The summed E-state index contributed by atoms with van der Waals surface area (Å²) in [6, 6.07) is 5.86. The van der Waals surface area contributed by atoms with E-state index >= 15 is 0 Å². The van der Waals surface area contributed by atoms with Gasteiger partial charge in [0.25, 0.3) is 0 Å². The van der Waals surface area contributed by atoms with Gasteiger partial charge in [0.2, 0.25) is 5.91 Å². The Morgan fingerprint density at radius 1 is 1.27 bits per heavy atom. The van der Waals surface area contributed by atoms with Crippen LogP contribution in [0, 0.1) is 12.8 Å². The largest absolute Gasteiger partial charge is 0.366 e. The van der Waals surface area contributed by atoms with Gasteiger partial charge in [0.1, 0.15) is 0 Å². The van der Waals surface area contributed by atoms with Crippen molar-refractivity contribution in [1.29, 1.82) is 0 Å². The molecule has 2 aliphatic rings. The third-order valence-corrected chi connectivity index (χ3v) is 4.66. The molecule has 2 fully saturated rings. The smallest absolute Gasteiger partial charge is 0.322 e. The lowest BCUT2D eigenvalue weighted by molar-refractivity contribution is 0.0999. The van der Waals surface area contributed by atoms with E-state index in [1.165, 1.54) is 12.8 Å². The number of aryl methyl sites for hydroxylation is 1. The van der Waals surface area contributed by atoms with E-state index < -0.39 is 5.91 Å². The fourth-order valence-electron chi connectivity index (χ4n) is 3.05. The van der Waals surface area contributed by atoms with E-state index in [1.807, 2.05) is 11.8 Å². The zero-order valence-electron chi connectivity index (χ0n) is 13.1. The second-order valence-corrected chi connectivity index (χ2v) is 6.54. The zero-order valence-corrected chi connectivity index (χ0v) is 13.1. The maximum Gasteiger partial charge on any atom is 0.322 e. The number of hydrogen-bond donors (Lipinski definition) is 2. The first-order valence-corrected chi connectivity index (χ1v) is 7.97. The minimum absolute atomic E-state index is 0.0341. The summed E-state index contributed by atoms with van der Waals surface area (Å²) in [7, 11) is 0. The summed E-state index contributed by atoms with van der Waals surface area (Å²) in [4.78, 5) is 25.9. The quantitative estimate of drug-likeness (QED) is 0.877. The van der Waals surface area contributed by atoms with Crippen LogP contribution >= 0.6 is 0 Å². The van der Waals surface area contributed by atoms with Gasteiger partial charge in [0, 0.05) is 23.3 Å². The van der Waals surface area contributed by atoms with Gasteiger partial charge in [-0.25, -0.2) is 4.79 Å². The number of carbonyl (C=O) groups excluding carboxylic acids is 2. The summed E-state index contributed by atoms with van der Waals surface area (Å²) >= 11 is 0. The fraction of sp³-hybridized carbons (Fsp3) is 0.529. The van der Waals surface area contributed by atoms with Crippen LogP contribution in [0.3, 0.4) is 0 Å². The van der Waals surface area contributed by atoms with E-state index in [9.17, 15) is 9.59 Å². The number of primary amides is 1. The molecule has 2 aliphatic carbocycles. The van der Waals surface area contributed by atoms with Crippen LogP contribution in [0.15, 0.2) is 18.2 Å². The molecule has 118 valence electrons. The van der Waals surface area contributed by atoms with Crippen LogP contribution in [0.25, 0.3) is 0 Å². The van der Waals surface area contributed by atoms with Crippen molar-refractivity contribution in [2.24, 2.45) is 11.7 Å². The first-order valence-electron chi connectivity index (χ1n) is 7.97. The van der Waals surface area contributed by atoms with Crippen molar-refractivity contribution < 1.29 is 9.59 Å². The summed E-state index contributed by atoms with van der Waals surface area (Å²) in [5, 5.41) is 2.97. The maximum absolute atomic E-state index is 12.6. The van der Waals surface area contributed by atoms with Crippen molar-refractivity contribution in [2.45, 2.75) is 51.6 Å². The Bertz CT molecular complexity index is 606. The van der Waals surface area contributed by atoms with Crippen LogP contribution in [0.2, 0.25) is 0 Å². The average molecular weight is 301 g/mol. The molecule has 5 heteroatoms. The van der Waals surface area contributed by atoms with Crippen molar-refractivity contribution in [1.82, 2.24) is 4.90 Å². The minimum atomic E-state index is -0.447. The molecule has 1 atom stereocenters. The number of amides is 3. The highest BCUT2D eigenvalue weighted by molar-refractivity contribution is 5.96. The van der Waals surface area contributed by atoms with Crippen molar-refractivity contribution in [2.75, 3.05) is 5.32 Å². The zero-order chi connectivity index (χ0) is 15.9. The number of carbonyl (C=O) groups is 2. The molecule has 1 aromatic carbocycles. The molecule has 1 aromatic rings. The molecule has 3 amide bonds. The Hall–Kier alpha value is -2.04. The molecule has 5 nitrogen and oxygen atoms in total. The summed E-state index contributed by atoms with van der Waals surface area (Å²) in [5.74, 6) is 0.211. The number of nitrogens with two attached hydrogens (primary N) is 1. The first kappa shape index (κ1) is 14.9. The van der Waals surface area contributed by atoms with Crippen LogP contribution in [-0.4, -0.2) is 28.9 Å². The lowest BCUT2D eigenvalue weighted by atomic mass is 10.1. The molecule has 0 unspecified atom stereocenters. The van der Waals surface area contributed by atoms with E-state index in [4.69, 9.17) is 5.73 Å². The van der Waals surface area contributed by atoms with Gasteiger partial charge in [-0.05, 0) is 69.2 Å². The SMILES string of the molecule is Cc1cc(NC(=O)N(C2CC2)[C@@H](C)C2CC2)ccc1C(N)=O. The van der Waals surface area contributed by atoms with E-state index in [-0.39, 0.29) is 6.03 Å². The van der Waals surface area contributed by atoms with Crippen molar-refractivity contribution >= 4 is 17.6 Å². The fourth-order valence-corrected chi connectivity index (χ4v) is 3.05. The van der Waals surface area contributed by atoms with Crippen LogP contribution in [0.1, 0.15) is 48.5 Å². The Morgan fingerprint density at radius 3 is 2.45 bits per heavy atom. The molecule has 0 radical (unpaired) electrons. The molecule has 22 heavy (non-hydrogen) atoms. The third kappa shape index (κ3) is 3.08. The van der Waals surface area contributed by atoms with E-state index in [0.717, 1.165) is 18.4 Å². The van der Waals surface area contributed by atoms with Crippen LogP contribution in [0.5, 0.6) is 0 Å². The second kappa shape index (κ2) is 5.63. The molecule has 3 N–H and O–H groups in total. The summed E-state index contributed by atoms with van der Waals surface area (Å²) < 4.78 is 0. The van der Waals surface area contributed by atoms with Gasteiger partial charge in [0.15, 0.2) is 0 Å².